The SMILES string of the molecule is CCCP(CCC)c1cc2ccccc2[cH-]1.CCCP(CCC)c1cc2ccccc2[cH-]1.[Cl-].[Cl-].[Ti+2].[Ti+2].c1ccc2[cH-]ccc2c1.c1ccc2[cH-]ccc2c1. The fraction of sp³-hybridized carbons (Fsp3) is 0.250. The van der Waals surface area contributed by atoms with Crippen LogP contribution in [0.4, 0.5) is 0 Å². The van der Waals surface area contributed by atoms with Crippen molar-refractivity contribution in [3.63, 3.8) is 0 Å². The van der Waals surface area contributed by atoms with Gasteiger partial charge in [0.2, 0.25) is 0 Å². The van der Waals surface area contributed by atoms with E-state index in [-0.39, 0.29) is 84.1 Å². The molecule has 0 bridgehead atoms. The fourth-order valence-electron chi connectivity index (χ4n) is 6.59. The second-order valence-electron chi connectivity index (χ2n) is 13.0. The molecule has 8 rings (SSSR count). The first kappa shape index (κ1) is 50.2. The summed E-state index contributed by atoms with van der Waals surface area (Å²) >= 11 is 0. The Morgan fingerprint density at radius 1 is 0.389 bits per heavy atom. The Hall–Kier alpha value is -1.81. The molecular weight excluding hydrogens is 805 g/mol. The molecule has 0 aromatic heterocycles. The minimum Gasteiger partial charge on any atom is -1.00 e. The van der Waals surface area contributed by atoms with Gasteiger partial charge < -0.3 is 24.8 Å². The van der Waals surface area contributed by atoms with Gasteiger partial charge in [-0.15, -0.1) is 140 Å². The maximum atomic E-state index is 2.41. The van der Waals surface area contributed by atoms with E-state index in [0.717, 1.165) is 0 Å². The standard InChI is InChI=1S/2C15H20P.2C9H7.2ClH.2Ti/c2*1-3-9-16(10-4-2)15-11-13-7-5-6-8-14(13)12-15;2*1-2-5-9-7-3-6-8(9)4-1;;;;/h2*5-8,11-12H,3-4,9-10H2,1-2H3;2*1-7H;2*1H;;/q4*-1;;;2*+2/p-2. The van der Waals surface area contributed by atoms with Gasteiger partial charge in [-0.05, 0) is 24.6 Å². The summed E-state index contributed by atoms with van der Waals surface area (Å²) in [7, 11) is 0.194. The maximum absolute atomic E-state index is 2.41. The molecule has 0 aliphatic rings. The number of rotatable bonds is 10. The summed E-state index contributed by atoms with van der Waals surface area (Å²) in [5, 5.41) is 14.2. The molecule has 0 saturated carbocycles. The quantitative estimate of drug-likeness (QED) is 0.0742. The van der Waals surface area contributed by atoms with E-state index in [0.29, 0.717) is 0 Å². The minimum absolute atomic E-state index is 0. The van der Waals surface area contributed by atoms with Crippen LogP contribution >= 0.6 is 15.8 Å². The van der Waals surface area contributed by atoms with Crippen LogP contribution < -0.4 is 35.4 Å². The Balaban J connectivity index is 0.000000362. The normalized spacial score (nSPS) is 10.2. The van der Waals surface area contributed by atoms with E-state index in [1.165, 1.54) is 93.4 Å². The van der Waals surface area contributed by atoms with Crippen LogP contribution in [0.1, 0.15) is 53.4 Å². The first-order chi connectivity index (χ1) is 24.6. The number of benzene rings is 4. The Bertz CT molecular complexity index is 1830. The molecule has 0 unspecified atom stereocenters. The molecule has 54 heavy (non-hydrogen) atoms. The Labute approximate surface area is 370 Å². The van der Waals surface area contributed by atoms with E-state index in [9.17, 15) is 0 Å². The second kappa shape index (κ2) is 27.7. The average Bonchev–Trinajstić information content (AvgIpc) is 3.97. The average molecular weight is 860 g/mol. The molecule has 0 atom stereocenters. The van der Waals surface area contributed by atoms with Crippen LogP contribution in [0.15, 0.2) is 158 Å². The van der Waals surface area contributed by atoms with Gasteiger partial charge >= 0.3 is 43.4 Å². The molecule has 0 aliphatic carbocycles. The Kier molecular flexibility index (Phi) is 25.8. The van der Waals surface area contributed by atoms with Crippen molar-refractivity contribution in [3.8, 4) is 0 Å². The van der Waals surface area contributed by atoms with E-state index >= 15 is 0 Å². The summed E-state index contributed by atoms with van der Waals surface area (Å²) in [6, 6.07) is 56.4. The summed E-state index contributed by atoms with van der Waals surface area (Å²) in [5.41, 5.74) is 0. The molecule has 0 amide bonds. The second-order valence-corrected chi connectivity index (χ2v) is 17.9. The van der Waals surface area contributed by atoms with Crippen LogP contribution in [0.5, 0.6) is 0 Å². The van der Waals surface area contributed by atoms with Crippen molar-refractivity contribution in [1.82, 2.24) is 0 Å². The summed E-state index contributed by atoms with van der Waals surface area (Å²) in [5.74, 6) is 0. The smallest absolute Gasteiger partial charge is 1.00 e. The van der Waals surface area contributed by atoms with Crippen molar-refractivity contribution in [2.75, 3.05) is 24.6 Å². The molecule has 0 fully saturated rings. The molecule has 0 heterocycles. The van der Waals surface area contributed by atoms with Gasteiger partial charge in [0.15, 0.2) is 0 Å². The number of hydrogen-bond donors (Lipinski definition) is 0. The summed E-state index contributed by atoms with van der Waals surface area (Å²) in [6.45, 7) is 9.20. The van der Waals surface area contributed by atoms with Gasteiger partial charge in [0.1, 0.15) is 0 Å². The molecule has 0 nitrogen and oxygen atoms in total. The maximum Gasteiger partial charge on any atom is 2.00 e. The molecular formula is C48H54Cl2P2Ti2-2. The van der Waals surface area contributed by atoms with Crippen molar-refractivity contribution in [2.45, 2.75) is 53.4 Å². The monoisotopic (exact) mass is 858 g/mol. The van der Waals surface area contributed by atoms with Gasteiger partial charge in [-0.3, -0.25) is 0 Å². The zero-order valence-electron chi connectivity index (χ0n) is 32.3. The van der Waals surface area contributed by atoms with Gasteiger partial charge in [-0.25, -0.2) is 0 Å². The van der Waals surface area contributed by atoms with Crippen LogP contribution in [0.2, 0.25) is 0 Å². The van der Waals surface area contributed by atoms with Crippen molar-refractivity contribution in [3.05, 3.63) is 158 Å². The predicted octanol–water partition coefficient (Wildman–Crippen LogP) is 8.09. The van der Waals surface area contributed by atoms with Crippen LogP contribution in [0.3, 0.4) is 0 Å². The molecule has 0 aliphatic heterocycles. The third-order valence-corrected chi connectivity index (χ3v) is 14.9. The van der Waals surface area contributed by atoms with E-state index in [1.807, 2.05) is 0 Å². The van der Waals surface area contributed by atoms with E-state index in [1.54, 1.807) is 10.6 Å². The minimum atomic E-state index is 0. The largest absolute Gasteiger partial charge is 2.00 e. The van der Waals surface area contributed by atoms with Gasteiger partial charge in [-0.2, -0.15) is 47.2 Å². The zero-order valence-corrected chi connectivity index (χ0v) is 38.7. The summed E-state index contributed by atoms with van der Waals surface area (Å²) < 4.78 is 0. The topological polar surface area (TPSA) is 0 Å². The fourth-order valence-corrected chi connectivity index (χ4v) is 11.5. The van der Waals surface area contributed by atoms with Crippen molar-refractivity contribution in [1.29, 1.82) is 0 Å². The molecule has 0 N–H and O–H groups in total. The Morgan fingerprint density at radius 3 is 0.981 bits per heavy atom. The van der Waals surface area contributed by atoms with Crippen molar-refractivity contribution < 1.29 is 68.2 Å². The predicted molar refractivity (Wildman–Crippen MR) is 232 cm³/mol. The Morgan fingerprint density at radius 2 is 0.685 bits per heavy atom. The van der Waals surface area contributed by atoms with E-state index < -0.39 is 0 Å². The molecule has 6 heteroatoms. The van der Waals surface area contributed by atoms with Crippen LogP contribution in [0.25, 0.3) is 43.1 Å². The van der Waals surface area contributed by atoms with E-state index in [4.69, 9.17) is 0 Å². The zero-order chi connectivity index (χ0) is 35.0. The molecule has 8 aromatic rings. The molecule has 8 aromatic carbocycles. The molecule has 0 spiro atoms. The van der Waals surface area contributed by atoms with Crippen LogP contribution in [0, 0.1) is 0 Å². The van der Waals surface area contributed by atoms with Crippen molar-refractivity contribution >= 4 is 69.5 Å². The van der Waals surface area contributed by atoms with Gasteiger partial charge in [0.25, 0.3) is 0 Å². The van der Waals surface area contributed by atoms with Crippen molar-refractivity contribution in [2.24, 2.45) is 0 Å². The third-order valence-electron chi connectivity index (χ3n) is 9.01. The number of fused-ring (bicyclic) bond motifs is 4. The molecule has 0 radical (unpaired) electrons. The first-order valence-electron chi connectivity index (χ1n) is 18.6. The van der Waals surface area contributed by atoms with Gasteiger partial charge in [-0.1, -0.05) is 93.5 Å². The number of hydrogen-bond acceptors (Lipinski definition) is 0. The van der Waals surface area contributed by atoms with E-state index in [2.05, 4.69) is 185 Å². The molecule has 0 saturated heterocycles. The number of halogens is 2. The van der Waals surface area contributed by atoms with Crippen LogP contribution in [-0.2, 0) is 43.4 Å². The summed E-state index contributed by atoms with van der Waals surface area (Å²) in [6.07, 6.45) is 10.8. The summed E-state index contributed by atoms with van der Waals surface area (Å²) in [4.78, 5) is 0. The van der Waals surface area contributed by atoms with Crippen LogP contribution in [-0.4, -0.2) is 24.6 Å². The first-order valence-corrected chi connectivity index (χ1v) is 22.1. The van der Waals surface area contributed by atoms with Gasteiger partial charge in [0.05, 0.1) is 0 Å². The third kappa shape index (κ3) is 14.9. The molecule has 280 valence electrons. The van der Waals surface area contributed by atoms with Gasteiger partial charge in [0, 0.05) is 0 Å².